The van der Waals surface area contributed by atoms with E-state index in [1.165, 1.54) is 12.8 Å². The standard InChI is InChI=1S/C15H23BrN2O2/c1-19-15-7-4-12(16)9-11(15)10-13(18-17)5-6-14-3-2-8-20-14/h4,7,9,13-14,18H,2-3,5-6,8,10,17H2,1H3. The van der Waals surface area contributed by atoms with E-state index in [0.717, 1.165) is 41.7 Å². The van der Waals surface area contributed by atoms with Crippen LogP contribution in [-0.2, 0) is 11.2 Å². The predicted octanol–water partition coefficient (Wildman–Crippen LogP) is 2.79. The second-order valence-corrected chi connectivity index (χ2v) is 6.15. The van der Waals surface area contributed by atoms with Gasteiger partial charge in [-0.25, -0.2) is 0 Å². The van der Waals surface area contributed by atoms with Crippen LogP contribution in [0.2, 0.25) is 0 Å². The molecule has 4 nitrogen and oxygen atoms in total. The Morgan fingerprint density at radius 1 is 1.55 bits per heavy atom. The zero-order valence-electron chi connectivity index (χ0n) is 11.9. The number of nitrogens with one attached hydrogen (secondary N) is 1. The third-order valence-corrected chi connectivity index (χ3v) is 4.30. The highest BCUT2D eigenvalue weighted by atomic mass is 79.9. The van der Waals surface area contributed by atoms with Crippen molar-refractivity contribution in [3.63, 3.8) is 0 Å². The van der Waals surface area contributed by atoms with Crippen molar-refractivity contribution >= 4 is 15.9 Å². The van der Waals surface area contributed by atoms with E-state index in [0.29, 0.717) is 6.10 Å². The van der Waals surface area contributed by atoms with Crippen molar-refractivity contribution in [1.82, 2.24) is 5.43 Å². The molecular formula is C15H23BrN2O2. The third kappa shape index (κ3) is 4.45. The van der Waals surface area contributed by atoms with Crippen molar-refractivity contribution in [3.05, 3.63) is 28.2 Å². The second-order valence-electron chi connectivity index (χ2n) is 5.24. The van der Waals surface area contributed by atoms with Gasteiger partial charge in [-0.3, -0.25) is 11.3 Å². The van der Waals surface area contributed by atoms with Crippen LogP contribution in [0.4, 0.5) is 0 Å². The monoisotopic (exact) mass is 342 g/mol. The van der Waals surface area contributed by atoms with E-state index >= 15 is 0 Å². The molecule has 3 N–H and O–H groups in total. The molecule has 1 aliphatic rings. The number of methoxy groups -OCH3 is 1. The second kappa shape index (κ2) is 7.98. The van der Waals surface area contributed by atoms with Crippen molar-refractivity contribution < 1.29 is 9.47 Å². The Kier molecular flexibility index (Phi) is 6.29. The summed E-state index contributed by atoms with van der Waals surface area (Å²) < 4.78 is 12.1. The molecule has 1 fully saturated rings. The fourth-order valence-corrected chi connectivity index (χ4v) is 3.08. The van der Waals surface area contributed by atoms with Crippen LogP contribution in [0, 0.1) is 0 Å². The Bertz CT molecular complexity index is 422. The van der Waals surface area contributed by atoms with E-state index in [1.807, 2.05) is 12.1 Å². The minimum Gasteiger partial charge on any atom is -0.496 e. The molecule has 1 heterocycles. The van der Waals surface area contributed by atoms with Crippen LogP contribution in [0.1, 0.15) is 31.2 Å². The number of ether oxygens (including phenoxy) is 2. The van der Waals surface area contributed by atoms with Crippen LogP contribution in [-0.4, -0.2) is 25.9 Å². The molecule has 112 valence electrons. The van der Waals surface area contributed by atoms with Gasteiger partial charge in [0.2, 0.25) is 0 Å². The lowest BCUT2D eigenvalue weighted by Gasteiger charge is -2.19. The van der Waals surface area contributed by atoms with Crippen LogP contribution in [0.25, 0.3) is 0 Å². The van der Waals surface area contributed by atoms with Gasteiger partial charge in [0, 0.05) is 17.1 Å². The molecule has 2 atom stereocenters. The summed E-state index contributed by atoms with van der Waals surface area (Å²) in [6.45, 7) is 0.908. The minimum atomic E-state index is 0.238. The van der Waals surface area contributed by atoms with Crippen LogP contribution >= 0.6 is 15.9 Å². The summed E-state index contributed by atoms with van der Waals surface area (Å²) in [6.07, 6.45) is 5.70. The van der Waals surface area contributed by atoms with Crippen molar-refractivity contribution in [3.8, 4) is 5.75 Å². The highest BCUT2D eigenvalue weighted by Crippen LogP contribution is 2.25. The lowest BCUT2D eigenvalue weighted by Crippen LogP contribution is -2.37. The highest BCUT2D eigenvalue weighted by Gasteiger charge is 2.18. The largest absolute Gasteiger partial charge is 0.496 e. The van der Waals surface area contributed by atoms with Crippen LogP contribution in [0.3, 0.4) is 0 Å². The zero-order valence-corrected chi connectivity index (χ0v) is 13.5. The van der Waals surface area contributed by atoms with Gasteiger partial charge in [-0.05, 0) is 55.9 Å². The maximum absolute atomic E-state index is 5.69. The van der Waals surface area contributed by atoms with E-state index in [2.05, 4.69) is 27.4 Å². The first-order chi connectivity index (χ1) is 9.72. The van der Waals surface area contributed by atoms with E-state index < -0.39 is 0 Å². The maximum atomic E-state index is 5.69. The number of nitrogens with two attached hydrogens (primary N) is 1. The first kappa shape index (κ1) is 15.8. The van der Waals surface area contributed by atoms with Crippen molar-refractivity contribution in [1.29, 1.82) is 0 Å². The lowest BCUT2D eigenvalue weighted by molar-refractivity contribution is 0.0995. The highest BCUT2D eigenvalue weighted by molar-refractivity contribution is 9.10. The molecule has 20 heavy (non-hydrogen) atoms. The molecule has 0 radical (unpaired) electrons. The first-order valence-electron chi connectivity index (χ1n) is 7.13. The lowest BCUT2D eigenvalue weighted by atomic mass is 9.99. The van der Waals surface area contributed by atoms with Gasteiger partial charge in [0.25, 0.3) is 0 Å². The number of hydrazine groups is 1. The minimum absolute atomic E-state index is 0.238. The van der Waals surface area contributed by atoms with Gasteiger partial charge in [0.05, 0.1) is 13.2 Å². The molecule has 0 saturated carbocycles. The van der Waals surface area contributed by atoms with Crippen molar-refractivity contribution in [2.45, 2.75) is 44.2 Å². The molecule has 2 rings (SSSR count). The Balaban J connectivity index is 1.92. The summed E-state index contributed by atoms with van der Waals surface area (Å²) in [5.41, 5.74) is 4.08. The molecule has 0 aromatic heterocycles. The Morgan fingerprint density at radius 2 is 2.40 bits per heavy atom. The van der Waals surface area contributed by atoms with Gasteiger partial charge >= 0.3 is 0 Å². The van der Waals surface area contributed by atoms with Gasteiger partial charge < -0.3 is 9.47 Å². The van der Waals surface area contributed by atoms with E-state index in [4.69, 9.17) is 15.3 Å². The summed E-state index contributed by atoms with van der Waals surface area (Å²) in [6, 6.07) is 6.30. The Hall–Kier alpha value is -0.620. The van der Waals surface area contributed by atoms with E-state index in [9.17, 15) is 0 Å². The Morgan fingerprint density at radius 3 is 3.05 bits per heavy atom. The van der Waals surface area contributed by atoms with Crippen molar-refractivity contribution in [2.75, 3.05) is 13.7 Å². The van der Waals surface area contributed by atoms with Crippen LogP contribution < -0.4 is 16.0 Å². The molecule has 0 spiro atoms. The zero-order chi connectivity index (χ0) is 14.4. The molecule has 5 heteroatoms. The van der Waals surface area contributed by atoms with E-state index in [1.54, 1.807) is 7.11 Å². The topological polar surface area (TPSA) is 56.5 Å². The van der Waals surface area contributed by atoms with Gasteiger partial charge in [0.1, 0.15) is 5.75 Å². The summed E-state index contributed by atoms with van der Waals surface area (Å²) in [5, 5.41) is 0. The molecule has 1 aromatic rings. The summed E-state index contributed by atoms with van der Waals surface area (Å²) in [4.78, 5) is 0. The van der Waals surface area contributed by atoms with Crippen molar-refractivity contribution in [2.24, 2.45) is 5.84 Å². The molecule has 1 aliphatic heterocycles. The average molecular weight is 343 g/mol. The number of benzene rings is 1. The third-order valence-electron chi connectivity index (χ3n) is 3.81. The average Bonchev–Trinajstić information content (AvgIpc) is 2.97. The maximum Gasteiger partial charge on any atom is 0.122 e. The molecule has 1 saturated heterocycles. The van der Waals surface area contributed by atoms with Gasteiger partial charge in [-0.15, -0.1) is 0 Å². The SMILES string of the molecule is COc1ccc(Br)cc1CC(CCC1CCCO1)NN. The molecular weight excluding hydrogens is 320 g/mol. The number of hydrogen-bond donors (Lipinski definition) is 2. The van der Waals surface area contributed by atoms with Crippen LogP contribution in [0.5, 0.6) is 5.75 Å². The van der Waals surface area contributed by atoms with Gasteiger partial charge in [-0.2, -0.15) is 0 Å². The molecule has 0 aliphatic carbocycles. The Labute approximate surface area is 129 Å². The molecule has 0 bridgehead atoms. The summed E-state index contributed by atoms with van der Waals surface area (Å²) >= 11 is 3.50. The number of halogens is 1. The van der Waals surface area contributed by atoms with Gasteiger partial charge in [0.15, 0.2) is 0 Å². The predicted molar refractivity (Wildman–Crippen MR) is 83.7 cm³/mol. The fraction of sp³-hybridized carbons (Fsp3) is 0.600. The smallest absolute Gasteiger partial charge is 0.122 e. The molecule has 1 aromatic carbocycles. The normalized spacial score (nSPS) is 20.1. The quantitative estimate of drug-likeness (QED) is 0.590. The summed E-state index contributed by atoms with van der Waals surface area (Å²) in [5.74, 6) is 6.60. The fourth-order valence-electron chi connectivity index (χ4n) is 2.68. The first-order valence-corrected chi connectivity index (χ1v) is 7.92. The van der Waals surface area contributed by atoms with Gasteiger partial charge in [-0.1, -0.05) is 15.9 Å². The van der Waals surface area contributed by atoms with E-state index in [-0.39, 0.29) is 6.04 Å². The molecule has 0 amide bonds. The van der Waals surface area contributed by atoms with Crippen LogP contribution in [0.15, 0.2) is 22.7 Å². The molecule has 2 unspecified atom stereocenters. The number of hydrogen-bond acceptors (Lipinski definition) is 4. The number of rotatable bonds is 7. The summed E-state index contributed by atoms with van der Waals surface area (Å²) in [7, 11) is 1.70.